The molecule has 0 saturated heterocycles. The van der Waals surface area contributed by atoms with E-state index in [1.807, 2.05) is 54.6 Å². The number of aromatic nitrogens is 2. The smallest absolute Gasteiger partial charge is 0.200 e. The molecule has 2 nitrogen and oxygen atoms in total. The van der Waals surface area contributed by atoms with Gasteiger partial charge in [-0.15, -0.1) is 35.9 Å². The van der Waals surface area contributed by atoms with E-state index >= 15 is 0 Å². The molecule has 3 aromatic rings. The predicted molar refractivity (Wildman–Crippen MR) is 123 cm³/mol. The van der Waals surface area contributed by atoms with Gasteiger partial charge in [0.15, 0.2) is 0 Å². The van der Waals surface area contributed by atoms with Gasteiger partial charge in [0.2, 0.25) is 0 Å². The van der Waals surface area contributed by atoms with Crippen LogP contribution in [0.25, 0.3) is 22.2 Å². The molecule has 0 amide bonds. The molecule has 27 heavy (non-hydrogen) atoms. The number of hydrogen-bond donors (Lipinski definition) is 0. The molecule has 3 rings (SSSR count). The zero-order valence-corrected chi connectivity index (χ0v) is 21.5. The summed E-state index contributed by atoms with van der Waals surface area (Å²) in [4.78, 5) is 0. The van der Waals surface area contributed by atoms with Gasteiger partial charge < -0.3 is 0 Å². The van der Waals surface area contributed by atoms with E-state index in [0.717, 1.165) is 22.2 Å². The minimum Gasteiger partial charge on any atom is -0.200 e. The first-order valence-electron chi connectivity index (χ1n) is 8.88. The minimum absolute atomic E-state index is 0. The maximum Gasteiger partial charge on any atom is 1.00 e. The van der Waals surface area contributed by atoms with Crippen molar-refractivity contribution in [3.63, 3.8) is 0 Å². The van der Waals surface area contributed by atoms with Gasteiger partial charge in [0.1, 0.15) is 10.6 Å². The fourth-order valence-electron chi connectivity index (χ4n) is 2.42. The summed E-state index contributed by atoms with van der Waals surface area (Å²) in [6.45, 7) is 14.1. The van der Waals surface area contributed by atoms with E-state index in [9.17, 15) is 0 Å². The topological polar surface area (TPSA) is 25.8 Å². The van der Waals surface area contributed by atoms with Gasteiger partial charge in [-0.25, -0.2) is 5.10 Å². The number of fused-ring (bicyclic) bond motifs is 1. The van der Waals surface area contributed by atoms with E-state index in [-0.39, 0.29) is 35.6 Å². The summed E-state index contributed by atoms with van der Waals surface area (Å²) >= 11 is 0. The molecule has 0 saturated carbocycles. The first kappa shape index (κ1) is 24.1. The number of nitrogens with zero attached hydrogens (tertiary/aromatic N) is 2. The minimum atomic E-state index is -0.151. The summed E-state index contributed by atoms with van der Waals surface area (Å²) in [6, 6.07) is 20.9. The second kappa shape index (κ2) is 11.8. The number of hydrogen-bond acceptors (Lipinski definition) is 2. The van der Waals surface area contributed by atoms with Crippen molar-refractivity contribution < 1.29 is 19.8 Å². The maximum atomic E-state index is 4.20. The van der Waals surface area contributed by atoms with E-state index in [4.69, 9.17) is 0 Å². The Hall–Kier alpha value is -0.984. The Morgan fingerprint density at radius 1 is 0.815 bits per heavy atom. The first-order valence-corrected chi connectivity index (χ1v) is 13.9. The van der Waals surface area contributed by atoms with Crippen LogP contribution in [0.3, 0.4) is 0 Å². The van der Waals surface area contributed by atoms with Crippen LogP contribution in [0.5, 0.6) is 0 Å². The Kier molecular flexibility index (Phi) is 10.5. The Morgan fingerprint density at radius 2 is 1.41 bits per heavy atom. The number of rotatable bonds is 3. The monoisotopic (exact) mass is 575 g/mol. The third-order valence-corrected chi connectivity index (χ3v) is 8.54. The molecular formula is C22H29N2OsP2+2. The predicted octanol–water partition coefficient (Wildman–Crippen LogP) is 6.28. The van der Waals surface area contributed by atoms with Crippen molar-refractivity contribution in [1.29, 1.82) is 0 Å². The molecular weight excluding hydrogens is 544 g/mol. The van der Waals surface area contributed by atoms with Crippen molar-refractivity contribution >= 4 is 26.7 Å². The molecule has 0 unspecified atom stereocenters. The molecule has 0 atom stereocenters. The van der Waals surface area contributed by atoms with E-state index in [1.54, 1.807) is 10.6 Å². The van der Waals surface area contributed by atoms with Crippen LogP contribution >= 0.6 is 15.8 Å². The van der Waals surface area contributed by atoms with E-state index in [0.29, 0.717) is 0 Å². The third-order valence-electron chi connectivity index (χ3n) is 4.54. The fraction of sp³-hybridized carbons (Fsp3) is 0.273. The van der Waals surface area contributed by atoms with E-state index < -0.39 is 0 Å². The van der Waals surface area contributed by atoms with Gasteiger partial charge >= 0.3 is 19.8 Å². The molecule has 1 radical (unpaired) electrons. The molecule has 1 aromatic heterocycles. The van der Waals surface area contributed by atoms with Crippen LogP contribution in [0.2, 0.25) is 0 Å². The summed E-state index contributed by atoms with van der Waals surface area (Å²) < 4.78 is 0. The molecule has 0 aliphatic rings. The second-order valence-corrected chi connectivity index (χ2v) is 12.3. The normalized spacial score (nSPS) is 11.6. The van der Waals surface area contributed by atoms with E-state index in [2.05, 4.69) is 56.8 Å². The number of allylic oxidation sites excluding steroid dienone is 2. The average molecular weight is 574 g/mol. The Labute approximate surface area is 179 Å². The molecule has 0 aliphatic carbocycles. The molecule has 0 fully saturated rings. The van der Waals surface area contributed by atoms with Crippen LogP contribution in [-0.4, -0.2) is 36.9 Å². The molecule has 1 heterocycles. The van der Waals surface area contributed by atoms with Crippen molar-refractivity contribution in [3.8, 4) is 11.3 Å². The maximum absolute atomic E-state index is 4.20. The molecule has 5 heteroatoms. The Morgan fingerprint density at radius 3 is 1.96 bits per heavy atom. The largest absolute Gasteiger partial charge is 1.00 e. The fourth-order valence-corrected chi connectivity index (χ4v) is 5.42. The summed E-state index contributed by atoms with van der Waals surface area (Å²) in [6.07, 6.45) is 0. The Balaban J connectivity index is 0.000000292. The molecule has 0 aliphatic heterocycles. The van der Waals surface area contributed by atoms with Gasteiger partial charge in [0.25, 0.3) is 0 Å². The van der Waals surface area contributed by atoms with Gasteiger partial charge in [-0.3, -0.25) is 0 Å². The SMILES string of the molecule is C/C(=C(\C)[PH+](C)C)[PH+](C)C.[Os+].[c-]1ccccc1-c1cc2ccccc2nn1. The average Bonchev–Trinajstić information content (AvgIpc) is 2.67. The second-order valence-electron chi connectivity index (χ2n) is 6.81. The van der Waals surface area contributed by atoms with Crippen LogP contribution in [0.1, 0.15) is 13.8 Å². The third kappa shape index (κ3) is 7.16. The van der Waals surface area contributed by atoms with Gasteiger partial charge in [0, 0.05) is 21.5 Å². The molecule has 0 bridgehead atoms. The Bertz CT molecular complexity index is 862. The van der Waals surface area contributed by atoms with Gasteiger partial charge in [-0.05, 0) is 25.3 Å². The molecule has 2 aromatic carbocycles. The molecule has 0 spiro atoms. The van der Waals surface area contributed by atoms with Crippen LogP contribution in [-0.2, 0) is 19.8 Å². The van der Waals surface area contributed by atoms with Crippen molar-refractivity contribution in [2.24, 2.45) is 0 Å². The van der Waals surface area contributed by atoms with Crippen LogP contribution in [0, 0.1) is 6.07 Å². The quantitative estimate of drug-likeness (QED) is 0.272. The zero-order chi connectivity index (χ0) is 19.1. The van der Waals surface area contributed by atoms with E-state index in [1.165, 1.54) is 0 Å². The molecule has 0 N–H and O–H groups in total. The summed E-state index contributed by atoms with van der Waals surface area (Å²) in [5.74, 6) is 0. The van der Waals surface area contributed by atoms with Gasteiger partial charge in [-0.1, -0.05) is 24.3 Å². The van der Waals surface area contributed by atoms with Crippen molar-refractivity contribution in [3.05, 3.63) is 71.3 Å². The van der Waals surface area contributed by atoms with Crippen LogP contribution in [0.4, 0.5) is 0 Å². The van der Waals surface area contributed by atoms with Crippen molar-refractivity contribution in [1.82, 2.24) is 10.2 Å². The standard InChI is InChI=1S/C14H9N2.C8H18P2.Os/c1-2-6-11(7-3-1)14-10-12-8-4-5-9-13(12)15-16-14;1-7(9(3)4)8(2)10(5)6;/h1-6,8-10H;1-6H3;/q-1;;+1/p+2/b;8-7-;. The number of benzene rings is 2. The zero-order valence-electron chi connectivity index (χ0n) is 16.9. The summed E-state index contributed by atoms with van der Waals surface area (Å²) in [5, 5.41) is 12.9. The van der Waals surface area contributed by atoms with Gasteiger partial charge in [-0.2, -0.15) is 5.10 Å². The van der Waals surface area contributed by atoms with Crippen LogP contribution in [0.15, 0.2) is 65.2 Å². The van der Waals surface area contributed by atoms with Crippen molar-refractivity contribution in [2.45, 2.75) is 13.8 Å². The summed E-state index contributed by atoms with van der Waals surface area (Å²) in [7, 11) is -0.302. The van der Waals surface area contributed by atoms with Crippen LogP contribution < -0.4 is 0 Å². The van der Waals surface area contributed by atoms with Crippen molar-refractivity contribution in [2.75, 3.05) is 26.7 Å². The molecule has 143 valence electrons. The van der Waals surface area contributed by atoms with Gasteiger partial charge in [0.05, 0.1) is 32.2 Å². The summed E-state index contributed by atoms with van der Waals surface area (Å²) in [5.41, 5.74) is 2.75. The first-order chi connectivity index (χ1) is 12.4.